The van der Waals surface area contributed by atoms with E-state index in [1.807, 2.05) is 20.8 Å². The van der Waals surface area contributed by atoms with E-state index in [1.165, 1.54) is 0 Å². The van der Waals surface area contributed by atoms with Crippen LogP contribution in [0.2, 0.25) is 0 Å². The van der Waals surface area contributed by atoms with Crippen molar-refractivity contribution in [1.29, 1.82) is 0 Å². The molecule has 4 saturated carbocycles. The van der Waals surface area contributed by atoms with Gasteiger partial charge in [-0.15, -0.1) is 0 Å². The highest BCUT2D eigenvalue weighted by Gasteiger charge is 2.72. The molecular formula is C36H58O10. The summed E-state index contributed by atoms with van der Waals surface area (Å²) in [4.78, 5) is 14.5. The first kappa shape index (κ1) is 34.7. The summed E-state index contributed by atoms with van der Waals surface area (Å²) in [7, 11) is 0. The second-order valence-electron chi connectivity index (χ2n) is 17.4. The Balaban J connectivity index is 1.39. The zero-order valence-electron chi connectivity index (χ0n) is 28.5. The van der Waals surface area contributed by atoms with E-state index in [0.717, 1.165) is 31.3 Å². The number of hydrogen-bond donors (Lipinski definition) is 7. The Morgan fingerprint density at radius 2 is 1.59 bits per heavy atom. The Hall–Kier alpha value is -1.11. The zero-order chi connectivity index (χ0) is 33.8. The molecule has 5 fully saturated rings. The van der Waals surface area contributed by atoms with Crippen molar-refractivity contribution < 1.29 is 50.0 Å². The Bertz CT molecular complexity index is 1240. The van der Waals surface area contributed by atoms with E-state index in [9.17, 15) is 40.5 Å². The molecule has 5 aliphatic carbocycles. The van der Waals surface area contributed by atoms with Crippen LogP contribution in [-0.2, 0) is 14.3 Å². The molecule has 262 valence electrons. The first-order valence-corrected chi connectivity index (χ1v) is 17.6. The average Bonchev–Trinajstić information content (AvgIpc) is 3.01. The zero-order valence-corrected chi connectivity index (χ0v) is 28.5. The molecule has 0 spiro atoms. The maximum atomic E-state index is 14.5. The van der Waals surface area contributed by atoms with Crippen LogP contribution in [0.1, 0.15) is 99.3 Å². The number of aliphatic hydroxyl groups is 7. The predicted molar refractivity (Wildman–Crippen MR) is 168 cm³/mol. The molecule has 6 aliphatic rings. The van der Waals surface area contributed by atoms with Crippen molar-refractivity contribution in [2.75, 3.05) is 13.2 Å². The second kappa shape index (κ2) is 11.2. The highest BCUT2D eigenvalue weighted by atomic mass is 16.7. The number of aliphatic hydroxyl groups excluding tert-OH is 6. The second-order valence-corrected chi connectivity index (χ2v) is 17.4. The van der Waals surface area contributed by atoms with Gasteiger partial charge in [-0.3, -0.25) is 4.79 Å². The van der Waals surface area contributed by atoms with E-state index in [2.05, 4.69) is 26.8 Å². The van der Waals surface area contributed by atoms with Gasteiger partial charge in [0.1, 0.15) is 24.4 Å². The van der Waals surface area contributed by atoms with Crippen LogP contribution in [0.25, 0.3) is 0 Å². The van der Waals surface area contributed by atoms with Gasteiger partial charge in [0.05, 0.1) is 30.3 Å². The van der Waals surface area contributed by atoms with Crippen molar-refractivity contribution in [2.45, 2.75) is 142 Å². The number of allylic oxidation sites excluding steroid dienone is 1. The van der Waals surface area contributed by atoms with Crippen LogP contribution in [0.3, 0.4) is 0 Å². The Morgan fingerprint density at radius 1 is 0.891 bits per heavy atom. The van der Waals surface area contributed by atoms with Gasteiger partial charge in [-0.05, 0) is 98.7 Å². The Morgan fingerprint density at radius 3 is 2.24 bits per heavy atom. The van der Waals surface area contributed by atoms with Crippen molar-refractivity contribution in [3.63, 3.8) is 0 Å². The van der Waals surface area contributed by atoms with E-state index >= 15 is 0 Å². The quantitative estimate of drug-likeness (QED) is 0.177. The summed E-state index contributed by atoms with van der Waals surface area (Å²) in [5, 5.41) is 75.0. The van der Waals surface area contributed by atoms with Crippen LogP contribution in [0, 0.1) is 50.7 Å². The van der Waals surface area contributed by atoms with Gasteiger partial charge in [0, 0.05) is 11.3 Å². The van der Waals surface area contributed by atoms with Crippen molar-refractivity contribution in [3.8, 4) is 0 Å². The predicted octanol–water partition coefficient (Wildman–Crippen LogP) is 2.44. The normalized spacial score (nSPS) is 56.8. The van der Waals surface area contributed by atoms with Crippen LogP contribution in [0.5, 0.6) is 0 Å². The fourth-order valence-corrected chi connectivity index (χ4v) is 12.3. The summed E-state index contributed by atoms with van der Waals surface area (Å²) in [6.07, 6.45) is 0.492. The van der Waals surface area contributed by atoms with Gasteiger partial charge in [-0.2, -0.15) is 0 Å². The summed E-state index contributed by atoms with van der Waals surface area (Å²) in [6.45, 7) is 12.3. The number of esters is 1. The summed E-state index contributed by atoms with van der Waals surface area (Å²) in [5.41, 5.74) is -2.34. The molecule has 10 heteroatoms. The number of ether oxygens (including phenoxy) is 2. The molecule has 1 saturated heterocycles. The molecule has 0 radical (unpaired) electrons. The van der Waals surface area contributed by atoms with Crippen molar-refractivity contribution >= 4 is 5.97 Å². The van der Waals surface area contributed by atoms with E-state index < -0.39 is 71.7 Å². The number of carbonyl (C=O) groups is 1. The van der Waals surface area contributed by atoms with Crippen LogP contribution in [0.4, 0.5) is 0 Å². The lowest BCUT2D eigenvalue weighted by Crippen LogP contribution is -2.68. The summed E-state index contributed by atoms with van der Waals surface area (Å²) in [5.74, 6) is -0.749. The molecule has 0 aromatic carbocycles. The van der Waals surface area contributed by atoms with Crippen LogP contribution >= 0.6 is 0 Å². The molecule has 10 nitrogen and oxygen atoms in total. The maximum absolute atomic E-state index is 14.5. The summed E-state index contributed by atoms with van der Waals surface area (Å²) >= 11 is 0. The molecule has 1 aliphatic heterocycles. The molecule has 0 amide bonds. The van der Waals surface area contributed by atoms with E-state index in [0.29, 0.717) is 38.0 Å². The third-order valence-electron chi connectivity index (χ3n) is 15.7. The number of hydrogen-bond acceptors (Lipinski definition) is 10. The van der Waals surface area contributed by atoms with Crippen LogP contribution < -0.4 is 0 Å². The van der Waals surface area contributed by atoms with E-state index in [1.54, 1.807) is 0 Å². The minimum atomic E-state index is -1.70. The molecule has 6 rings (SSSR count). The molecule has 0 aromatic rings. The third kappa shape index (κ3) is 4.39. The Labute approximate surface area is 273 Å². The van der Waals surface area contributed by atoms with Crippen molar-refractivity contribution in [2.24, 2.45) is 50.7 Å². The number of fused-ring (bicyclic) bond motifs is 7. The van der Waals surface area contributed by atoms with E-state index in [-0.39, 0.29) is 34.7 Å². The number of rotatable bonds is 4. The molecule has 0 unspecified atom stereocenters. The highest BCUT2D eigenvalue weighted by molar-refractivity contribution is 5.79. The van der Waals surface area contributed by atoms with Crippen LogP contribution in [0.15, 0.2) is 11.6 Å². The van der Waals surface area contributed by atoms with Gasteiger partial charge in [-0.1, -0.05) is 46.3 Å². The summed E-state index contributed by atoms with van der Waals surface area (Å²) < 4.78 is 11.5. The first-order valence-electron chi connectivity index (χ1n) is 17.6. The van der Waals surface area contributed by atoms with Crippen LogP contribution in [-0.4, -0.2) is 97.3 Å². The average molecular weight is 651 g/mol. The summed E-state index contributed by atoms with van der Waals surface area (Å²) in [6, 6.07) is 0. The minimum absolute atomic E-state index is 0.0435. The standard InChI is InChI=1S/C36H58O10/c1-19-9-14-36(30(43)46-29-27(42)26(41)25(40)21(17-37)45-29)16-15-33(4)20(28(36)35(19,6)44)7-8-23-31(2)12-11-24(39)32(3,18-38)22(31)10-13-34(23,33)5/h7,19,21-29,37-42,44H,8-18H2,1-6H3/t19-,21-,22-,23-,24+,25-,26+,27-,28-,29+,31-,32+,33-,34-,35-,36+/m1/s1. The molecule has 7 N–H and O–H groups in total. The molecule has 0 aromatic heterocycles. The topological polar surface area (TPSA) is 177 Å². The lowest BCUT2D eigenvalue weighted by Gasteiger charge is -2.72. The SMILES string of the molecule is C[C@@H]1CC[C@]2(C(=O)O[C@@H]3O[C@H](CO)[C@@H](O)[C@H](O)[C@H]3O)CC[C@]3(C)C(=CC[C@@H]4[C@]5(C)CC[C@H](O)[C@@](C)(CO)[C@@H]5CC[C@]43C)[C@@H]2[C@]1(C)O. The Kier molecular flexibility index (Phi) is 8.46. The first-order chi connectivity index (χ1) is 21.4. The smallest absolute Gasteiger partial charge is 0.315 e. The molecule has 1 heterocycles. The van der Waals surface area contributed by atoms with Crippen molar-refractivity contribution in [3.05, 3.63) is 11.6 Å². The van der Waals surface area contributed by atoms with Gasteiger partial charge < -0.3 is 45.2 Å². The van der Waals surface area contributed by atoms with Gasteiger partial charge in [0.15, 0.2) is 0 Å². The fourth-order valence-electron chi connectivity index (χ4n) is 12.3. The van der Waals surface area contributed by atoms with Gasteiger partial charge in [-0.25, -0.2) is 0 Å². The minimum Gasteiger partial charge on any atom is -0.432 e. The van der Waals surface area contributed by atoms with E-state index in [4.69, 9.17) is 9.47 Å². The van der Waals surface area contributed by atoms with Crippen molar-refractivity contribution in [1.82, 2.24) is 0 Å². The molecule has 16 atom stereocenters. The monoisotopic (exact) mass is 650 g/mol. The lowest BCUT2D eigenvalue weighted by molar-refractivity contribution is -0.299. The number of carbonyl (C=O) groups excluding carboxylic acids is 1. The molecule has 0 bridgehead atoms. The molecule has 46 heavy (non-hydrogen) atoms. The fraction of sp³-hybridized carbons (Fsp3) is 0.917. The van der Waals surface area contributed by atoms with Gasteiger partial charge >= 0.3 is 5.97 Å². The third-order valence-corrected chi connectivity index (χ3v) is 15.7. The largest absolute Gasteiger partial charge is 0.432 e. The highest BCUT2D eigenvalue weighted by Crippen LogP contribution is 2.76. The maximum Gasteiger partial charge on any atom is 0.315 e. The molecular weight excluding hydrogens is 592 g/mol. The lowest BCUT2D eigenvalue weighted by atomic mass is 9.33. The van der Waals surface area contributed by atoms with Gasteiger partial charge in [0.25, 0.3) is 0 Å². The van der Waals surface area contributed by atoms with Gasteiger partial charge in [0.2, 0.25) is 6.29 Å².